The van der Waals surface area contributed by atoms with Crippen molar-refractivity contribution in [1.82, 2.24) is 0 Å². The molecule has 2 atom stereocenters. The highest BCUT2D eigenvalue weighted by Crippen LogP contribution is 2.36. The Hall–Kier alpha value is -0.950. The molecule has 1 heterocycles. The molecule has 1 aliphatic heterocycles. The number of fused-ring (bicyclic) bond motifs is 1. The van der Waals surface area contributed by atoms with Crippen molar-refractivity contribution < 1.29 is 28.9 Å². The summed E-state index contributed by atoms with van der Waals surface area (Å²) in [7, 11) is 0. The lowest BCUT2D eigenvalue weighted by Gasteiger charge is -2.24. The molecule has 2 aromatic carbocycles. The van der Waals surface area contributed by atoms with Gasteiger partial charge in [-0.25, -0.2) is 0 Å². The first-order valence-electron chi connectivity index (χ1n) is 8.25. The van der Waals surface area contributed by atoms with Crippen LogP contribution in [0.5, 0.6) is 0 Å². The first-order chi connectivity index (χ1) is 11.7. The van der Waals surface area contributed by atoms with E-state index in [1.54, 1.807) is 0 Å². The van der Waals surface area contributed by atoms with E-state index in [1.165, 1.54) is 10.6 Å². The summed E-state index contributed by atoms with van der Waals surface area (Å²) in [5.74, 6) is 0. The Bertz CT molecular complexity index is 700. The van der Waals surface area contributed by atoms with Gasteiger partial charge in [-0.3, -0.25) is 4.90 Å². The number of nitrogens with one attached hydrogen (secondary N) is 2. The number of nitrogens with zero attached hydrogens (tertiary/aromatic N) is 1. The van der Waals surface area contributed by atoms with Gasteiger partial charge in [0.05, 0.1) is 16.6 Å². The van der Waals surface area contributed by atoms with E-state index in [0.29, 0.717) is 10.0 Å². The number of para-hydroxylation sites is 1. The fourth-order valence-corrected chi connectivity index (χ4v) is 3.61. The van der Waals surface area contributed by atoms with Crippen LogP contribution in [0.2, 0.25) is 10.0 Å². The Morgan fingerprint density at radius 2 is 1.80 bits per heavy atom. The van der Waals surface area contributed by atoms with Crippen molar-refractivity contribution in [1.29, 1.82) is 0 Å². The van der Waals surface area contributed by atoms with Crippen molar-refractivity contribution in [3.63, 3.8) is 0 Å². The zero-order valence-corrected chi connectivity index (χ0v) is 17.9. The summed E-state index contributed by atoms with van der Waals surface area (Å²) in [4.78, 5) is 3.73. The maximum atomic E-state index is 6.24. The zero-order chi connectivity index (χ0) is 17.1. The van der Waals surface area contributed by atoms with E-state index in [1.807, 2.05) is 36.5 Å². The molecule has 0 bridgehead atoms. The predicted octanol–water partition coefficient (Wildman–Crippen LogP) is 1.33. The topological polar surface area (TPSA) is 19.7 Å². The second kappa shape index (κ2) is 9.12. The standard InChI is InChI=1S/C19H21Cl2N3.HI/c1-3-23-17-12-15(20)16(21)13-18(17)24(4-2)19(23)10-11-22-14-8-6-5-7-9-14;/h5-13,19,22H,3-4H2,1-2H3;1H/b11-10+;. The molecule has 2 N–H and O–H groups in total. The van der Waals surface area contributed by atoms with Crippen LogP contribution in [0.25, 0.3) is 0 Å². The number of hydrogen-bond donors (Lipinski definition) is 2. The first kappa shape index (κ1) is 20.4. The van der Waals surface area contributed by atoms with Gasteiger partial charge in [-0.2, -0.15) is 0 Å². The predicted molar refractivity (Wildman–Crippen MR) is 104 cm³/mol. The molecule has 134 valence electrons. The summed E-state index contributed by atoms with van der Waals surface area (Å²) in [6, 6.07) is 14.1. The number of anilines is 2. The van der Waals surface area contributed by atoms with Crippen LogP contribution in [0.15, 0.2) is 54.7 Å². The van der Waals surface area contributed by atoms with Gasteiger partial charge in [0.2, 0.25) is 0 Å². The van der Waals surface area contributed by atoms with E-state index in [4.69, 9.17) is 23.2 Å². The molecule has 2 unspecified atom stereocenters. The Labute approximate surface area is 176 Å². The van der Waals surface area contributed by atoms with Crippen LogP contribution in [-0.4, -0.2) is 19.3 Å². The molecule has 0 aliphatic carbocycles. The maximum absolute atomic E-state index is 6.24. The average molecular weight is 490 g/mol. The van der Waals surface area contributed by atoms with Crippen molar-refractivity contribution in [2.75, 3.05) is 23.3 Å². The van der Waals surface area contributed by atoms with Gasteiger partial charge in [-0.15, -0.1) is 0 Å². The fraction of sp³-hybridized carbons (Fsp3) is 0.263. The Morgan fingerprint density at radius 1 is 1.12 bits per heavy atom. The molecule has 3 rings (SSSR count). The Kier molecular flexibility index (Phi) is 7.43. The number of likely N-dealkylation sites (N-methyl/N-ethyl adjacent to an activating group) is 2. The van der Waals surface area contributed by atoms with Gasteiger partial charge in [0.1, 0.15) is 5.69 Å². The molecule has 25 heavy (non-hydrogen) atoms. The van der Waals surface area contributed by atoms with Crippen molar-refractivity contribution in [3.8, 4) is 0 Å². The summed E-state index contributed by atoms with van der Waals surface area (Å²) in [5.41, 5.74) is 3.46. The summed E-state index contributed by atoms with van der Waals surface area (Å²) in [5, 5.41) is 4.56. The van der Waals surface area contributed by atoms with Gasteiger partial charge < -0.3 is 34.2 Å². The molecule has 0 radical (unpaired) electrons. The van der Waals surface area contributed by atoms with E-state index in [2.05, 4.69) is 42.3 Å². The summed E-state index contributed by atoms with van der Waals surface area (Å²) in [6.45, 7) is 6.24. The third kappa shape index (κ3) is 4.25. The lowest BCUT2D eigenvalue weighted by molar-refractivity contribution is -0.843. The summed E-state index contributed by atoms with van der Waals surface area (Å²) < 4.78 is 0. The highest BCUT2D eigenvalue weighted by Gasteiger charge is 2.38. The van der Waals surface area contributed by atoms with Crippen molar-refractivity contribution in [3.05, 3.63) is 64.8 Å². The van der Waals surface area contributed by atoms with Crippen LogP contribution >= 0.6 is 23.2 Å². The Balaban J connectivity index is 0.00000225. The van der Waals surface area contributed by atoms with E-state index < -0.39 is 0 Å². The summed E-state index contributed by atoms with van der Waals surface area (Å²) in [6.07, 6.45) is 4.45. The maximum Gasteiger partial charge on any atom is 0.189 e. The fourth-order valence-electron chi connectivity index (χ4n) is 3.28. The van der Waals surface area contributed by atoms with Crippen molar-refractivity contribution in [2.24, 2.45) is 0 Å². The van der Waals surface area contributed by atoms with Crippen LogP contribution in [-0.2, 0) is 0 Å². The van der Waals surface area contributed by atoms with Crippen molar-refractivity contribution in [2.45, 2.75) is 20.0 Å². The molecule has 0 aromatic heterocycles. The summed E-state index contributed by atoms with van der Waals surface area (Å²) >= 11 is 12.5. The minimum atomic E-state index is 0. The second-order valence-electron chi connectivity index (χ2n) is 5.76. The normalized spacial score (nSPS) is 19.0. The molecule has 1 aliphatic rings. The van der Waals surface area contributed by atoms with E-state index in [-0.39, 0.29) is 30.1 Å². The van der Waals surface area contributed by atoms with E-state index >= 15 is 0 Å². The molecule has 2 aromatic rings. The smallest absolute Gasteiger partial charge is 0.189 e. The van der Waals surface area contributed by atoms with Crippen LogP contribution in [0.1, 0.15) is 13.8 Å². The minimum Gasteiger partial charge on any atom is -1.00 e. The zero-order valence-electron chi connectivity index (χ0n) is 14.3. The van der Waals surface area contributed by atoms with Gasteiger partial charge in [0.25, 0.3) is 0 Å². The molecule has 0 saturated carbocycles. The molecule has 3 nitrogen and oxygen atoms in total. The van der Waals surface area contributed by atoms with Gasteiger partial charge in [0.15, 0.2) is 11.9 Å². The molecular formula is C19H22Cl2IN3. The third-order valence-electron chi connectivity index (χ3n) is 4.41. The molecule has 6 heteroatoms. The van der Waals surface area contributed by atoms with Gasteiger partial charge in [-0.05, 0) is 32.0 Å². The Morgan fingerprint density at radius 3 is 2.44 bits per heavy atom. The molecule has 0 saturated heterocycles. The van der Waals surface area contributed by atoms with Crippen molar-refractivity contribution >= 4 is 40.3 Å². The number of halogens is 3. The quantitative estimate of drug-likeness (QED) is 0.618. The third-order valence-corrected chi connectivity index (χ3v) is 5.13. The lowest BCUT2D eigenvalue weighted by Crippen LogP contribution is -3.10. The largest absolute Gasteiger partial charge is 1.00 e. The molecule has 0 spiro atoms. The number of rotatable bonds is 5. The minimum absolute atomic E-state index is 0. The SMILES string of the molecule is CCN1c2cc(Cl)c(Cl)cc2[NH+](CC)C1/C=C/Nc1ccccc1.[I-]. The van der Waals surface area contributed by atoms with Crippen LogP contribution < -0.4 is 39.1 Å². The van der Waals surface area contributed by atoms with Gasteiger partial charge in [0, 0.05) is 30.6 Å². The first-order valence-corrected chi connectivity index (χ1v) is 9.01. The van der Waals surface area contributed by atoms with Gasteiger partial charge in [-0.1, -0.05) is 41.4 Å². The molecule has 0 fully saturated rings. The molecular weight excluding hydrogens is 468 g/mol. The van der Waals surface area contributed by atoms with E-state index in [9.17, 15) is 0 Å². The average Bonchev–Trinajstić information content (AvgIpc) is 2.88. The van der Waals surface area contributed by atoms with Crippen LogP contribution in [0.4, 0.5) is 17.1 Å². The highest BCUT2D eigenvalue weighted by molar-refractivity contribution is 6.42. The van der Waals surface area contributed by atoms with Gasteiger partial charge >= 0.3 is 0 Å². The highest BCUT2D eigenvalue weighted by atomic mass is 127. The van der Waals surface area contributed by atoms with E-state index in [0.717, 1.165) is 24.5 Å². The monoisotopic (exact) mass is 489 g/mol. The lowest BCUT2D eigenvalue weighted by atomic mass is 10.2. The second-order valence-corrected chi connectivity index (χ2v) is 6.58. The molecule has 0 amide bonds. The number of quaternary nitrogens is 1. The van der Waals surface area contributed by atoms with Crippen LogP contribution in [0.3, 0.4) is 0 Å². The number of hydrogen-bond acceptors (Lipinski definition) is 2. The number of benzene rings is 2. The van der Waals surface area contributed by atoms with Crippen LogP contribution in [0, 0.1) is 0 Å².